The van der Waals surface area contributed by atoms with E-state index in [0.29, 0.717) is 0 Å². The lowest BCUT2D eigenvalue weighted by molar-refractivity contribution is 0.711. The Morgan fingerprint density at radius 3 is 2.73 bits per heavy atom. The first-order valence-electron chi connectivity index (χ1n) is 3.06. The third-order valence-electron chi connectivity index (χ3n) is 1.20. The summed E-state index contributed by atoms with van der Waals surface area (Å²) in [5.41, 5.74) is 1.05. The van der Waals surface area contributed by atoms with E-state index in [9.17, 15) is 0 Å². The maximum atomic E-state index is 4.21. The molecular formula is C6H11BrClN3. The highest BCUT2D eigenvalue weighted by molar-refractivity contribution is 9.10. The number of aromatic nitrogens is 2. The maximum Gasteiger partial charge on any atom is 0.0904 e. The molecule has 1 rings (SSSR count). The number of hydrogen-bond donors (Lipinski definition) is 1. The second-order valence-corrected chi connectivity index (χ2v) is 2.98. The van der Waals surface area contributed by atoms with Crippen molar-refractivity contribution in [1.82, 2.24) is 15.1 Å². The van der Waals surface area contributed by atoms with E-state index in [1.54, 1.807) is 4.68 Å². The summed E-state index contributed by atoms with van der Waals surface area (Å²) in [7, 11) is 3.81. The summed E-state index contributed by atoms with van der Waals surface area (Å²) in [6.07, 6.45) is 1.94. The fourth-order valence-electron chi connectivity index (χ4n) is 0.793. The van der Waals surface area contributed by atoms with Crippen molar-refractivity contribution in [1.29, 1.82) is 0 Å². The first-order chi connectivity index (χ1) is 4.74. The second kappa shape index (κ2) is 4.74. The minimum atomic E-state index is 0. The minimum absolute atomic E-state index is 0. The van der Waals surface area contributed by atoms with Crippen LogP contribution in [-0.4, -0.2) is 16.8 Å². The number of hydrogen-bond acceptors (Lipinski definition) is 2. The van der Waals surface area contributed by atoms with E-state index in [-0.39, 0.29) is 12.4 Å². The molecular weight excluding hydrogens is 229 g/mol. The Hall–Kier alpha value is -0.0600. The lowest BCUT2D eigenvalue weighted by Crippen LogP contribution is -2.06. The van der Waals surface area contributed by atoms with Crippen molar-refractivity contribution in [3.63, 3.8) is 0 Å². The zero-order chi connectivity index (χ0) is 7.56. The van der Waals surface area contributed by atoms with Crippen LogP contribution in [0.25, 0.3) is 0 Å². The van der Waals surface area contributed by atoms with Crippen molar-refractivity contribution in [2.45, 2.75) is 6.54 Å². The van der Waals surface area contributed by atoms with Gasteiger partial charge in [0.05, 0.1) is 10.2 Å². The highest BCUT2D eigenvalue weighted by Gasteiger charge is 2.01. The molecule has 0 radical (unpaired) electrons. The standard InChI is InChI=1S/C6H10BrN3.ClH/c1-8-3-6-5(7)4-10(2)9-6;/h4,8H,3H2,1-2H3;1H. The summed E-state index contributed by atoms with van der Waals surface area (Å²) in [5.74, 6) is 0. The van der Waals surface area contributed by atoms with E-state index in [1.165, 1.54) is 0 Å². The summed E-state index contributed by atoms with van der Waals surface area (Å²) in [4.78, 5) is 0. The monoisotopic (exact) mass is 239 g/mol. The molecule has 0 bridgehead atoms. The molecule has 0 spiro atoms. The first-order valence-corrected chi connectivity index (χ1v) is 3.86. The summed E-state index contributed by atoms with van der Waals surface area (Å²) in [6.45, 7) is 0.807. The molecule has 1 aromatic heterocycles. The van der Waals surface area contributed by atoms with Gasteiger partial charge in [0.2, 0.25) is 0 Å². The van der Waals surface area contributed by atoms with Gasteiger partial charge in [-0.05, 0) is 23.0 Å². The highest BCUT2D eigenvalue weighted by atomic mass is 79.9. The van der Waals surface area contributed by atoms with Crippen molar-refractivity contribution in [3.8, 4) is 0 Å². The molecule has 0 aliphatic heterocycles. The topological polar surface area (TPSA) is 29.9 Å². The van der Waals surface area contributed by atoms with E-state index >= 15 is 0 Å². The Morgan fingerprint density at radius 1 is 1.73 bits per heavy atom. The third kappa shape index (κ3) is 2.81. The average molecular weight is 241 g/mol. The van der Waals surface area contributed by atoms with Gasteiger partial charge >= 0.3 is 0 Å². The Morgan fingerprint density at radius 2 is 2.36 bits per heavy atom. The van der Waals surface area contributed by atoms with Crippen LogP contribution >= 0.6 is 28.3 Å². The van der Waals surface area contributed by atoms with E-state index in [0.717, 1.165) is 16.7 Å². The average Bonchev–Trinajstić information content (AvgIpc) is 2.13. The van der Waals surface area contributed by atoms with Gasteiger partial charge in [-0.15, -0.1) is 12.4 Å². The molecule has 0 unspecified atom stereocenters. The molecule has 0 saturated carbocycles. The van der Waals surface area contributed by atoms with Gasteiger partial charge in [0.25, 0.3) is 0 Å². The number of aryl methyl sites for hydroxylation is 1. The van der Waals surface area contributed by atoms with Crippen molar-refractivity contribution < 1.29 is 0 Å². The van der Waals surface area contributed by atoms with Crippen LogP contribution in [0.15, 0.2) is 10.7 Å². The molecule has 64 valence electrons. The van der Waals surface area contributed by atoms with Gasteiger partial charge in [0.15, 0.2) is 0 Å². The predicted molar refractivity (Wildman–Crippen MR) is 50.9 cm³/mol. The largest absolute Gasteiger partial charge is 0.314 e. The van der Waals surface area contributed by atoms with Crippen LogP contribution in [0.5, 0.6) is 0 Å². The molecule has 0 amide bonds. The third-order valence-corrected chi connectivity index (χ3v) is 1.86. The molecule has 1 heterocycles. The minimum Gasteiger partial charge on any atom is -0.314 e. The van der Waals surface area contributed by atoms with Crippen molar-refractivity contribution >= 4 is 28.3 Å². The van der Waals surface area contributed by atoms with Gasteiger partial charge in [0, 0.05) is 19.8 Å². The van der Waals surface area contributed by atoms with Crippen LogP contribution < -0.4 is 5.32 Å². The van der Waals surface area contributed by atoms with Crippen LogP contribution in [0.3, 0.4) is 0 Å². The summed E-state index contributed by atoms with van der Waals surface area (Å²) in [6, 6.07) is 0. The predicted octanol–water partition coefficient (Wildman–Crippen LogP) is 1.32. The second-order valence-electron chi connectivity index (χ2n) is 2.13. The molecule has 11 heavy (non-hydrogen) atoms. The van der Waals surface area contributed by atoms with Gasteiger partial charge < -0.3 is 5.32 Å². The molecule has 0 fully saturated rings. The summed E-state index contributed by atoms with van der Waals surface area (Å²) < 4.78 is 2.85. The van der Waals surface area contributed by atoms with E-state index in [4.69, 9.17) is 0 Å². The number of nitrogens with one attached hydrogen (secondary N) is 1. The van der Waals surface area contributed by atoms with Crippen LogP contribution in [-0.2, 0) is 13.6 Å². The normalized spacial score (nSPS) is 9.36. The van der Waals surface area contributed by atoms with Crippen LogP contribution in [0.1, 0.15) is 5.69 Å². The number of rotatable bonds is 2. The smallest absolute Gasteiger partial charge is 0.0904 e. The van der Waals surface area contributed by atoms with Gasteiger partial charge in [-0.2, -0.15) is 5.10 Å². The first kappa shape index (κ1) is 10.9. The Bertz CT molecular complexity index is 224. The SMILES string of the molecule is CNCc1nn(C)cc1Br.Cl. The van der Waals surface area contributed by atoms with E-state index < -0.39 is 0 Å². The summed E-state index contributed by atoms with van der Waals surface area (Å²) >= 11 is 3.39. The molecule has 0 aliphatic carbocycles. The lowest BCUT2D eigenvalue weighted by Gasteiger charge is -1.92. The lowest BCUT2D eigenvalue weighted by atomic mass is 10.4. The molecule has 3 nitrogen and oxygen atoms in total. The Kier molecular flexibility index (Phi) is 4.72. The van der Waals surface area contributed by atoms with Gasteiger partial charge in [-0.25, -0.2) is 0 Å². The zero-order valence-electron chi connectivity index (χ0n) is 6.47. The van der Waals surface area contributed by atoms with E-state index in [1.807, 2.05) is 20.3 Å². The molecule has 1 aromatic rings. The van der Waals surface area contributed by atoms with Gasteiger partial charge in [0.1, 0.15) is 0 Å². The van der Waals surface area contributed by atoms with Crippen molar-refractivity contribution in [2.75, 3.05) is 7.05 Å². The van der Waals surface area contributed by atoms with Crippen LogP contribution in [0, 0.1) is 0 Å². The summed E-state index contributed by atoms with van der Waals surface area (Å²) in [5, 5.41) is 7.24. The molecule has 0 atom stereocenters. The Labute approximate surface area is 80.7 Å². The van der Waals surface area contributed by atoms with Gasteiger partial charge in [-0.3, -0.25) is 4.68 Å². The van der Waals surface area contributed by atoms with Crippen LogP contribution in [0.2, 0.25) is 0 Å². The molecule has 1 N–H and O–H groups in total. The quantitative estimate of drug-likeness (QED) is 0.845. The molecule has 0 saturated heterocycles. The highest BCUT2D eigenvalue weighted by Crippen LogP contribution is 2.13. The number of nitrogens with zero attached hydrogens (tertiary/aromatic N) is 2. The molecule has 0 aromatic carbocycles. The fourth-order valence-corrected chi connectivity index (χ4v) is 1.31. The maximum absolute atomic E-state index is 4.21. The van der Waals surface area contributed by atoms with Crippen LogP contribution in [0.4, 0.5) is 0 Å². The van der Waals surface area contributed by atoms with Crippen molar-refractivity contribution in [3.05, 3.63) is 16.4 Å². The molecule has 0 aliphatic rings. The zero-order valence-corrected chi connectivity index (χ0v) is 8.87. The van der Waals surface area contributed by atoms with E-state index in [2.05, 4.69) is 26.3 Å². The Balaban J connectivity index is 0.000001000. The van der Waals surface area contributed by atoms with Gasteiger partial charge in [-0.1, -0.05) is 0 Å². The molecule has 5 heteroatoms. The number of halogens is 2. The fraction of sp³-hybridized carbons (Fsp3) is 0.500. The van der Waals surface area contributed by atoms with Crippen molar-refractivity contribution in [2.24, 2.45) is 7.05 Å².